The van der Waals surface area contributed by atoms with Crippen molar-refractivity contribution in [3.8, 4) is 0 Å². The van der Waals surface area contributed by atoms with Crippen molar-refractivity contribution >= 4 is 12.6 Å². The molecule has 0 aromatic carbocycles. The van der Waals surface area contributed by atoms with Gasteiger partial charge < -0.3 is 4.74 Å². The first-order valence-corrected chi connectivity index (χ1v) is 3.40. The Hall–Kier alpha value is -0.370. The van der Waals surface area contributed by atoms with E-state index in [2.05, 4.69) is 12.6 Å². The van der Waals surface area contributed by atoms with E-state index in [9.17, 15) is 0 Å². The fourth-order valence-electron chi connectivity index (χ4n) is 0.777. The highest BCUT2D eigenvalue weighted by Gasteiger charge is 2.01. The maximum atomic E-state index is 5.02. The van der Waals surface area contributed by atoms with E-state index in [4.69, 9.17) is 4.74 Å². The first-order valence-electron chi connectivity index (χ1n) is 2.95. The third-order valence-electron chi connectivity index (χ3n) is 1.35. The topological polar surface area (TPSA) is 9.23 Å². The molecular weight excluding hydrogens is 132 g/mol. The summed E-state index contributed by atoms with van der Waals surface area (Å²) in [6.45, 7) is 0. The predicted molar refractivity (Wildman–Crippen MR) is 41.4 cm³/mol. The predicted octanol–water partition coefficient (Wildman–Crippen LogP) is 2.12. The first kappa shape index (κ1) is 6.75. The average Bonchev–Trinajstić information content (AvgIpc) is 1.90. The summed E-state index contributed by atoms with van der Waals surface area (Å²) in [5.41, 5.74) is 0. The molecule has 0 heterocycles. The van der Waals surface area contributed by atoms with E-state index < -0.39 is 0 Å². The lowest BCUT2D eigenvalue weighted by Crippen LogP contribution is -1.91. The lowest BCUT2D eigenvalue weighted by Gasteiger charge is -2.08. The maximum absolute atomic E-state index is 5.02. The Morgan fingerprint density at radius 2 is 2.22 bits per heavy atom. The van der Waals surface area contributed by atoms with E-state index in [-0.39, 0.29) is 0 Å². The zero-order valence-corrected chi connectivity index (χ0v) is 6.32. The minimum Gasteiger partial charge on any atom is -0.501 e. The Kier molecular flexibility index (Phi) is 2.22. The minimum absolute atomic E-state index is 0.992. The Morgan fingerprint density at radius 3 is 2.67 bits per heavy atom. The van der Waals surface area contributed by atoms with Crippen molar-refractivity contribution in [3.63, 3.8) is 0 Å². The van der Waals surface area contributed by atoms with E-state index >= 15 is 0 Å². The van der Waals surface area contributed by atoms with Gasteiger partial charge in [0.25, 0.3) is 0 Å². The number of ether oxygens (including phenoxy) is 1. The molecule has 0 aromatic rings. The number of hydrogen-bond acceptors (Lipinski definition) is 2. The fourth-order valence-corrected chi connectivity index (χ4v) is 0.964. The normalized spacial score (nSPS) is 18.4. The summed E-state index contributed by atoms with van der Waals surface area (Å²) in [4.78, 5) is 1.14. The number of methoxy groups -OCH3 is 1. The molecule has 0 unspecified atom stereocenters. The molecule has 0 aliphatic heterocycles. The fraction of sp³-hybridized carbons (Fsp3) is 0.429. The Balaban J connectivity index is 2.59. The van der Waals surface area contributed by atoms with Crippen molar-refractivity contribution < 1.29 is 4.74 Å². The molecule has 0 saturated heterocycles. The lowest BCUT2D eigenvalue weighted by atomic mass is 10.2. The van der Waals surface area contributed by atoms with Gasteiger partial charge >= 0.3 is 0 Å². The Morgan fingerprint density at radius 1 is 1.44 bits per heavy atom. The number of allylic oxidation sites excluding steroid dienone is 4. The van der Waals surface area contributed by atoms with E-state index in [0.717, 1.165) is 23.5 Å². The van der Waals surface area contributed by atoms with Gasteiger partial charge in [0.1, 0.15) is 0 Å². The average molecular weight is 142 g/mol. The van der Waals surface area contributed by atoms with Crippen LogP contribution in [-0.2, 0) is 4.74 Å². The first-order chi connectivity index (χ1) is 4.33. The van der Waals surface area contributed by atoms with Gasteiger partial charge in [0, 0.05) is 6.42 Å². The van der Waals surface area contributed by atoms with Crippen molar-refractivity contribution in [2.45, 2.75) is 12.8 Å². The molecule has 2 heteroatoms. The second-order valence-electron chi connectivity index (χ2n) is 2.00. The number of rotatable bonds is 1. The minimum atomic E-state index is 0.992. The highest BCUT2D eigenvalue weighted by Crippen LogP contribution is 2.20. The van der Waals surface area contributed by atoms with Crippen LogP contribution in [0.4, 0.5) is 0 Å². The second kappa shape index (κ2) is 2.97. The van der Waals surface area contributed by atoms with Crippen LogP contribution in [0.3, 0.4) is 0 Å². The summed E-state index contributed by atoms with van der Waals surface area (Å²) >= 11 is 4.20. The highest BCUT2D eigenvalue weighted by atomic mass is 32.1. The van der Waals surface area contributed by atoms with E-state index in [0.29, 0.717) is 0 Å². The van der Waals surface area contributed by atoms with Crippen LogP contribution in [0.25, 0.3) is 0 Å². The van der Waals surface area contributed by atoms with Gasteiger partial charge in [0.15, 0.2) is 0 Å². The molecule has 0 fully saturated rings. The number of hydrogen-bond donors (Lipinski definition) is 1. The molecule has 0 saturated carbocycles. The summed E-state index contributed by atoms with van der Waals surface area (Å²) in [6.07, 6.45) is 5.95. The Bertz CT molecular complexity index is 158. The third kappa shape index (κ3) is 1.79. The van der Waals surface area contributed by atoms with Crippen LogP contribution in [0.1, 0.15) is 12.8 Å². The maximum Gasteiger partial charge on any atom is 0.0959 e. The van der Waals surface area contributed by atoms with Crippen LogP contribution in [0.5, 0.6) is 0 Å². The molecule has 0 N–H and O–H groups in total. The van der Waals surface area contributed by atoms with Crippen LogP contribution in [-0.4, -0.2) is 7.11 Å². The zero-order valence-electron chi connectivity index (χ0n) is 5.42. The van der Waals surface area contributed by atoms with Gasteiger partial charge in [-0.05, 0) is 23.5 Å². The molecule has 0 spiro atoms. The third-order valence-corrected chi connectivity index (χ3v) is 1.72. The van der Waals surface area contributed by atoms with Crippen LogP contribution in [0, 0.1) is 0 Å². The molecule has 9 heavy (non-hydrogen) atoms. The largest absolute Gasteiger partial charge is 0.501 e. The Labute approximate surface area is 60.8 Å². The molecule has 0 amide bonds. The van der Waals surface area contributed by atoms with Gasteiger partial charge in [-0.3, -0.25) is 0 Å². The van der Waals surface area contributed by atoms with Crippen LogP contribution < -0.4 is 0 Å². The molecule has 0 atom stereocenters. The van der Waals surface area contributed by atoms with E-state index in [1.54, 1.807) is 7.11 Å². The standard InChI is InChI=1S/C7H10OS/c1-8-6-2-4-7(9)5-3-6/h2,4,9H,3,5H2,1H3. The highest BCUT2D eigenvalue weighted by molar-refractivity contribution is 7.84. The van der Waals surface area contributed by atoms with Gasteiger partial charge in [0.2, 0.25) is 0 Å². The van der Waals surface area contributed by atoms with Crippen molar-refractivity contribution in [3.05, 3.63) is 22.8 Å². The monoisotopic (exact) mass is 142 g/mol. The van der Waals surface area contributed by atoms with Crippen LogP contribution >= 0.6 is 12.6 Å². The van der Waals surface area contributed by atoms with Gasteiger partial charge in [-0.1, -0.05) is 0 Å². The van der Waals surface area contributed by atoms with Gasteiger partial charge in [-0.25, -0.2) is 0 Å². The lowest BCUT2D eigenvalue weighted by molar-refractivity contribution is 0.276. The SMILES string of the molecule is COC1=CC=C(S)CC1. The molecule has 0 bridgehead atoms. The smallest absolute Gasteiger partial charge is 0.0959 e. The second-order valence-corrected chi connectivity index (χ2v) is 2.57. The van der Waals surface area contributed by atoms with Gasteiger partial charge in [-0.2, -0.15) is 0 Å². The van der Waals surface area contributed by atoms with Crippen molar-refractivity contribution in [1.82, 2.24) is 0 Å². The number of thiol groups is 1. The summed E-state index contributed by atoms with van der Waals surface area (Å²) < 4.78 is 5.02. The molecule has 0 radical (unpaired) electrons. The summed E-state index contributed by atoms with van der Waals surface area (Å²) in [6, 6.07) is 0. The molecule has 0 aromatic heterocycles. The molecule has 1 rings (SSSR count). The zero-order chi connectivity index (χ0) is 6.69. The molecular formula is C7H10OS. The van der Waals surface area contributed by atoms with Crippen LogP contribution in [0.15, 0.2) is 22.8 Å². The van der Waals surface area contributed by atoms with E-state index in [1.165, 1.54) is 0 Å². The molecule has 1 nitrogen and oxygen atoms in total. The van der Waals surface area contributed by atoms with Gasteiger partial charge in [0.05, 0.1) is 12.9 Å². The summed E-state index contributed by atoms with van der Waals surface area (Å²) in [7, 11) is 1.70. The molecule has 1 aliphatic carbocycles. The molecule has 1 aliphatic rings. The van der Waals surface area contributed by atoms with Crippen molar-refractivity contribution in [2.75, 3.05) is 7.11 Å². The summed E-state index contributed by atoms with van der Waals surface area (Å²) in [5, 5.41) is 0. The van der Waals surface area contributed by atoms with Gasteiger partial charge in [-0.15, -0.1) is 12.6 Å². The quantitative estimate of drug-likeness (QED) is 0.552. The van der Waals surface area contributed by atoms with E-state index in [1.807, 2.05) is 12.2 Å². The van der Waals surface area contributed by atoms with Crippen molar-refractivity contribution in [2.24, 2.45) is 0 Å². The summed E-state index contributed by atoms with van der Waals surface area (Å²) in [5.74, 6) is 1.05. The molecule has 50 valence electrons. The van der Waals surface area contributed by atoms with Crippen molar-refractivity contribution in [1.29, 1.82) is 0 Å². The van der Waals surface area contributed by atoms with Crippen LogP contribution in [0.2, 0.25) is 0 Å².